The number of benzene rings is 1. The largest absolute Gasteiger partial charge is 0.492 e. The number of nitrogens with zero attached hydrogens (tertiary/aromatic N) is 2. The molecule has 0 aliphatic carbocycles. The van der Waals surface area contributed by atoms with Gasteiger partial charge in [-0.3, -0.25) is 0 Å². The molecule has 102 valence electrons. The van der Waals surface area contributed by atoms with Gasteiger partial charge in [-0.05, 0) is 23.6 Å². The van der Waals surface area contributed by atoms with E-state index in [0.29, 0.717) is 12.3 Å². The number of hydrogen-bond acceptors (Lipinski definition) is 4. The van der Waals surface area contributed by atoms with E-state index in [-0.39, 0.29) is 0 Å². The smallest absolute Gasteiger partial charge is 0.150 e. The lowest BCUT2D eigenvalue weighted by molar-refractivity contribution is 0.299. The minimum absolute atomic E-state index is 0.582. The zero-order valence-corrected chi connectivity index (χ0v) is 11.7. The number of nitrogen functional groups attached to an aromatic ring is 1. The normalized spacial score (nSPS) is 10.6. The van der Waals surface area contributed by atoms with Crippen LogP contribution in [0.5, 0.6) is 5.75 Å². The minimum Gasteiger partial charge on any atom is -0.492 e. The van der Waals surface area contributed by atoms with E-state index in [1.165, 1.54) is 4.88 Å². The van der Waals surface area contributed by atoms with Crippen molar-refractivity contribution in [2.75, 3.05) is 12.3 Å². The van der Waals surface area contributed by atoms with Gasteiger partial charge in [0.1, 0.15) is 18.2 Å². The second-order valence-corrected chi connectivity index (χ2v) is 5.29. The highest BCUT2D eigenvalue weighted by Crippen LogP contribution is 2.22. The highest BCUT2D eigenvalue weighted by molar-refractivity contribution is 7.13. The van der Waals surface area contributed by atoms with Crippen molar-refractivity contribution < 1.29 is 4.74 Å². The number of imidazole rings is 1. The average molecular weight is 285 g/mol. The fourth-order valence-electron chi connectivity index (χ4n) is 1.99. The first-order valence-electron chi connectivity index (χ1n) is 6.36. The Morgan fingerprint density at radius 3 is 3.00 bits per heavy atom. The third kappa shape index (κ3) is 2.83. The maximum absolute atomic E-state index is 5.72. The third-order valence-corrected chi connectivity index (χ3v) is 3.78. The second kappa shape index (κ2) is 5.79. The van der Waals surface area contributed by atoms with Crippen LogP contribution in [0, 0.1) is 0 Å². The Morgan fingerprint density at radius 2 is 2.20 bits per heavy atom. The fourth-order valence-corrected chi connectivity index (χ4v) is 2.72. The fraction of sp³-hybridized carbons (Fsp3) is 0.133. The first-order chi connectivity index (χ1) is 9.83. The summed E-state index contributed by atoms with van der Waals surface area (Å²) >= 11 is 1.69. The molecule has 20 heavy (non-hydrogen) atoms. The molecule has 0 aliphatic rings. The van der Waals surface area contributed by atoms with Crippen LogP contribution in [-0.4, -0.2) is 16.2 Å². The Balaban J connectivity index is 1.64. The number of thiophene rings is 1. The highest BCUT2D eigenvalue weighted by atomic mass is 32.1. The topological polar surface area (TPSA) is 53.1 Å². The van der Waals surface area contributed by atoms with Gasteiger partial charge >= 0.3 is 0 Å². The molecular formula is C15H15N3OS. The molecule has 5 heteroatoms. The molecular weight excluding hydrogens is 270 g/mol. The molecule has 0 atom stereocenters. The van der Waals surface area contributed by atoms with Gasteiger partial charge in [0.25, 0.3) is 0 Å². The van der Waals surface area contributed by atoms with E-state index in [1.807, 2.05) is 42.7 Å². The van der Waals surface area contributed by atoms with Crippen LogP contribution < -0.4 is 10.5 Å². The Labute approximate surface area is 121 Å². The van der Waals surface area contributed by atoms with Crippen LogP contribution in [0.1, 0.15) is 0 Å². The zero-order valence-electron chi connectivity index (χ0n) is 10.9. The quantitative estimate of drug-likeness (QED) is 0.732. The van der Waals surface area contributed by atoms with Crippen molar-refractivity contribution in [1.29, 1.82) is 0 Å². The van der Waals surface area contributed by atoms with Crippen LogP contribution in [0.15, 0.2) is 54.2 Å². The Morgan fingerprint density at radius 1 is 1.25 bits per heavy atom. The molecule has 0 amide bonds. The maximum atomic E-state index is 5.72. The minimum atomic E-state index is 0.582. The lowest BCUT2D eigenvalue weighted by atomic mass is 10.3. The zero-order chi connectivity index (χ0) is 13.8. The molecule has 0 radical (unpaired) electrons. The van der Waals surface area contributed by atoms with Crippen molar-refractivity contribution in [2.45, 2.75) is 6.54 Å². The summed E-state index contributed by atoms with van der Waals surface area (Å²) in [5.74, 6) is 1.78. The van der Waals surface area contributed by atoms with Crippen molar-refractivity contribution in [3.63, 3.8) is 0 Å². The molecule has 0 bridgehead atoms. The van der Waals surface area contributed by atoms with E-state index in [4.69, 9.17) is 10.5 Å². The van der Waals surface area contributed by atoms with Gasteiger partial charge in [0, 0.05) is 24.1 Å². The molecule has 0 saturated heterocycles. The van der Waals surface area contributed by atoms with Gasteiger partial charge in [-0.1, -0.05) is 12.1 Å². The molecule has 3 aromatic rings. The summed E-state index contributed by atoms with van der Waals surface area (Å²) in [6, 6.07) is 11.6. The predicted octanol–water partition coefficient (Wildman–Crippen LogP) is 3.27. The van der Waals surface area contributed by atoms with Gasteiger partial charge < -0.3 is 15.0 Å². The molecule has 0 saturated carbocycles. The van der Waals surface area contributed by atoms with Gasteiger partial charge in [0.2, 0.25) is 0 Å². The number of hydrogen-bond donors (Lipinski definition) is 1. The van der Waals surface area contributed by atoms with Crippen molar-refractivity contribution in [1.82, 2.24) is 9.55 Å². The lowest BCUT2D eigenvalue weighted by Crippen LogP contribution is -2.08. The van der Waals surface area contributed by atoms with Crippen LogP contribution in [0.2, 0.25) is 0 Å². The summed E-state index contributed by atoms with van der Waals surface area (Å²) in [7, 11) is 0. The summed E-state index contributed by atoms with van der Waals surface area (Å²) in [4.78, 5) is 5.56. The second-order valence-electron chi connectivity index (χ2n) is 4.34. The number of nitrogens with two attached hydrogens (primary N) is 1. The Kier molecular flexibility index (Phi) is 3.69. The van der Waals surface area contributed by atoms with Crippen molar-refractivity contribution in [2.24, 2.45) is 0 Å². The van der Waals surface area contributed by atoms with E-state index in [0.717, 1.165) is 18.1 Å². The molecule has 2 N–H and O–H groups in total. The van der Waals surface area contributed by atoms with Gasteiger partial charge in [-0.25, -0.2) is 4.98 Å². The lowest BCUT2D eigenvalue weighted by Gasteiger charge is -2.09. The molecule has 0 spiro atoms. The SMILES string of the molecule is Nc1cccc(OCCn2ccnc2-c2cccs2)c1. The first kappa shape index (κ1) is 12.7. The van der Waals surface area contributed by atoms with Crippen LogP contribution in [0.4, 0.5) is 5.69 Å². The van der Waals surface area contributed by atoms with E-state index < -0.39 is 0 Å². The molecule has 1 aromatic carbocycles. The van der Waals surface area contributed by atoms with E-state index in [2.05, 4.69) is 21.0 Å². The van der Waals surface area contributed by atoms with E-state index >= 15 is 0 Å². The van der Waals surface area contributed by atoms with E-state index in [9.17, 15) is 0 Å². The van der Waals surface area contributed by atoms with Crippen LogP contribution in [-0.2, 0) is 6.54 Å². The highest BCUT2D eigenvalue weighted by Gasteiger charge is 2.06. The monoisotopic (exact) mass is 285 g/mol. The van der Waals surface area contributed by atoms with Crippen molar-refractivity contribution in [3.8, 4) is 16.5 Å². The summed E-state index contributed by atoms with van der Waals surface area (Å²) in [6.45, 7) is 1.33. The molecule has 3 rings (SSSR count). The Bertz CT molecular complexity index is 676. The summed E-state index contributed by atoms with van der Waals surface area (Å²) < 4.78 is 7.80. The summed E-state index contributed by atoms with van der Waals surface area (Å²) in [5, 5.41) is 2.05. The summed E-state index contributed by atoms with van der Waals surface area (Å²) in [5.41, 5.74) is 6.43. The molecule has 2 heterocycles. The van der Waals surface area contributed by atoms with Crippen LogP contribution in [0.25, 0.3) is 10.7 Å². The standard InChI is InChI=1S/C15H15N3OS/c16-12-3-1-4-13(11-12)19-9-8-18-7-6-17-15(18)14-5-2-10-20-14/h1-7,10-11H,8-9,16H2. The molecule has 0 unspecified atom stereocenters. The number of ether oxygens (including phenoxy) is 1. The molecule has 4 nitrogen and oxygen atoms in total. The maximum Gasteiger partial charge on any atom is 0.150 e. The van der Waals surface area contributed by atoms with Gasteiger partial charge in [-0.2, -0.15) is 0 Å². The van der Waals surface area contributed by atoms with E-state index in [1.54, 1.807) is 11.3 Å². The van der Waals surface area contributed by atoms with Crippen molar-refractivity contribution >= 4 is 17.0 Å². The molecule has 0 fully saturated rings. The average Bonchev–Trinajstić information content (AvgIpc) is 3.09. The number of rotatable bonds is 5. The van der Waals surface area contributed by atoms with Crippen LogP contribution >= 0.6 is 11.3 Å². The molecule has 0 aliphatic heterocycles. The van der Waals surface area contributed by atoms with Gasteiger partial charge in [-0.15, -0.1) is 11.3 Å². The third-order valence-electron chi connectivity index (χ3n) is 2.92. The Hall–Kier alpha value is -2.27. The molecule has 2 aromatic heterocycles. The van der Waals surface area contributed by atoms with Crippen molar-refractivity contribution in [3.05, 3.63) is 54.2 Å². The number of aromatic nitrogens is 2. The summed E-state index contributed by atoms with van der Waals surface area (Å²) in [6.07, 6.45) is 3.79. The van der Waals surface area contributed by atoms with Crippen LogP contribution in [0.3, 0.4) is 0 Å². The number of anilines is 1. The first-order valence-corrected chi connectivity index (χ1v) is 7.24. The van der Waals surface area contributed by atoms with Gasteiger partial charge in [0.15, 0.2) is 0 Å². The van der Waals surface area contributed by atoms with Gasteiger partial charge in [0.05, 0.1) is 11.4 Å². The predicted molar refractivity (Wildman–Crippen MR) is 81.9 cm³/mol.